The van der Waals surface area contributed by atoms with Crippen molar-refractivity contribution < 1.29 is 27.4 Å². The summed E-state index contributed by atoms with van der Waals surface area (Å²) >= 11 is 0. The Bertz CT molecular complexity index is 3920. The van der Waals surface area contributed by atoms with E-state index in [-0.39, 0.29) is 5.91 Å². The van der Waals surface area contributed by atoms with Gasteiger partial charge < -0.3 is 24.6 Å². The van der Waals surface area contributed by atoms with E-state index in [2.05, 4.69) is 127 Å². The van der Waals surface area contributed by atoms with Crippen molar-refractivity contribution in [1.82, 2.24) is 0 Å². The molecule has 4 aliphatic rings. The highest BCUT2D eigenvalue weighted by molar-refractivity contribution is 6.09. The number of fused-ring (bicyclic) bond motifs is 8. The van der Waals surface area contributed by atoms with Crippen molar-refractivity contribution >= 4 is 39.8 Å². The fourth-order valence-electron chi connectivity index (χ4n) is 14.1. The summed E-state index contributed by atoms with van der Waals surface area (Å²) in [5.41, 5.74) is 13.0. The number of carbonyl (C=O) groups is 1. The lowest BCUT2D eigenvalue weighted by molar-refractivity contribution is -0.137. The van der Waals surface area contributed by atoms with Gasteiger partial charge >= 0.3 is 6.18 Å². The van der Waals surface area contributed by atoms with Crippen molar-refractivity contribution in [3.05, 3.63) is 239 Å². The van der Waals surface area contributed by atoms with E-state index in [4.69, 9.17) is 9.47 Å². The zero-order chi connectivity index (χ0) is 58.5. The fraction of sp³-hybridized carbons (Fsp3) is 0.276. The minimum atomic E-state index is -4.59. The number of alkyl halides is 3. The van der Waals surface area contributed by atoms with Crippen molar-refractivity contribution in [2.75, 3.05) is 48.4 Å². The van der Waals surface area contributed by atoms with Crippen LogP contribution in [0.1, 0.15) is 127 Å². The van der Waals surface area contributed by atoms with Crippen molar-refractivity contribution in [1.29, 1.82) is 0 Å². The molecule has 2 aliphatic heterocycles. The van der Waals surface area contributed by atoms with E-state index < -0.39 is 22.8 Å². The quantitative estimate of drug-likeness (QED) is 0.110. The maximum Gasteiger partial charge on any atom is 0.416 e. The summed E-state index contributed by atoms with van der Waals surface area (Å²) < 4.78 is 57.5. The smallest absolute Gasteiger partial charge is 0.416 e. The number of anilines is 3. The summed E-state index contributed by atoms with van der Waals surface area (Å²) in [4.78, 5) is 18.4. The third-order valence-electron chi connectivity index (χ3n) is 18.9. The SMILES string of the molecule is CCCCCC1CCC(c2ccc(-c3ccc(C(=O)Nc4ccc(-c5ccc6c(c5)-c5c(c7c(c8cc(C(F)(F)F)ccc58)OC(c5ccccc5)(c5ccc(N8CCN(c9ccc(OC)cc9)CC8)cc5)C=C7)C6(C)C)cc4)cc3)cc2)CC1. The maximum atomic E-state index is 14.9. The molecule has 2 fully saturated rings. The molecular weight excluding hydrogens is 1060 g/mol. The van der Waals surface area contributed by atoms with Gasteiger partial charge in [-0.2, -0.15) is 13.2 Å². The average molecular weight is 1130 g/mol. The van der Waals surface area contributed by atoms with E-state index in [1.54, 1.807) is 13.2 Å². The number of ether oxygens (including phenoxy) is 2. The van der Waals surface area contributed by atoms with E-state index in [1.165, 1.54) is 74.8 Å². The van der Waals surface area contributed by atoms with Gasteiger partial charge in [0, 0.05) is 76.3 Å². The van der Waals surface area contributed by atoms with Crippen LogP contribution in [0, 0.1) is 5.92 Å². The van der Waals surface area contributed by atoms with Crippen LogP contribution in [-0.4, -0.2) is 39.2 Å². The van der Waals surface area contributed by atoms with Crippen LogP contribution >= 0.6 is 0 Å². The van der Waals surface area contributed by atoms with Crippen LogP contribution in [0.3, 0.4) is 0 Å². The lowest BCUT2D eigenvalue weighted by Crippen LogP contribution is -2.46. The van der Waals surface area contributed by atoms with Crippen LogP contribution in [0.25, 0.3) is 50.2 Å². The van der Waals surface area contributed by atoms with E-state index in [1.807, 2.05) is 91.0 Å². The molecule has 1 atom stereocenters. The lowest BCUT2D eigenvalue weighted by atomic mass is 9.76. The van der Waals surface area contributed by atoms with Gasteiger partial charge in [0.1, 0.15) is 11.5 Å². The van der Waals surface area contributed by atoms with Crippen LogP contribution in [0.15, 0.2) is 194 Å². The molecule has 430 valence electrons. The van der Waals surface area contributed by atoms with Gasteiger partial charge in [0.25, 0.3) is 5.91 Å². The van der Waals surface area contributed by atoms with E-state index in [0.29, 0.717) is 33.7 Å². The zero-order valence-corrected chi connectivity index (χ0v) is 48.9. The Hall–Kier alpha value is -8.56. The van der Waals surface area contributed by atoms with Crippen molar-refractivity contribution in [3.8, 4) is 44.9 Å². The number of hydrogen-bond donors (Lipinski definition) is 1. The first-order valence-electron chi connectivity index (χ1n) is 30.4. The molecule has 1 N–H and O–H groups in total. The summed E-state index contributed by atoms with van der Waals surface area (Å²) in [5, 5.41) is 4.19. The maximum absolute atomic E-state index is 14.9. The molecule has 13 rings (SSSR count). The first kappa shape index (κ1) is 55.6. The highest BCUT2D eigenvalue weighted by Gasteiger charge is 2.45. The van der Waals surface area contributed by atoms with Gasteiger partial charge in [-0.15, -0.1) is 0 Å². The number of carbonyl (C=O) groups excluding carboxylic acids is 1. The highest BCUT2D eigenvalue weighted by Crippen LogP contribution is 2.59. The molecule has 2 aliphatic carbocycles. The molecule has 85 heavy (non-hydrogen) atoms. The number of amides is 1. The second kappa shape index (κ2) is 22.8. The van der Waals surface area contributed by atoms with E-state index in [0.717, 1.165) is 105 Å². The molecule has 0 aromatic heterocycles. The number of piperazine rings is 1. The van der Waals surface area contributed by atoms with Crippen LogP contribution < -0.4 is 24.6 Å². The lowest BCUT2D eigenvalue weighted by Gasteiger charge is -2.39. The first-order chi connectivity index (χ1) is 41.3. The molecule has 1 amide bonds. The Morgan fingerprint density at radius 2 is 1.25 bits per heavy atom. The molecule has 0 bridgehead atoms. The summed E-state index contributed by atoms with van der Waals surface area (Å²) in [7, 11) is 1.68. The Balaban J connectivity index is 0.755. The topological polar surface area (TPSA) is 54.0 Å². The van der Waals surface area contributed by atoms with E-state index >= 15 is 0 Å². The number of halogens is 3. The van der Waals surface area contributed by atoms with Crippen LogP contribution in [0.4, 0.5) is 30.2 Å². The second-order valence-corrected chi connectivity index (χ2v) is 24.3. The Labute approximate surface area is 498 Å². The minimum absolute atomic E-state index is 0.191. The highest BCUT2D eigenvalue weighted by atomic mass is 19.4. The standard InChI is InChI=1S/C76H72F3N3O3/c1-5-6-8-11-50-14-16-51(17-15-50)52-18-20-53(21-19-52)54-22-24-56(25-23-54)73(83)80-61-32-26-55(27-33-61)57-28-41-69-68(48-57)70-65-40-31-60(76(77,78)79)49-67(65)72-66(71(70)74(69,2)3)42-43-75(85-72,58-12-9-7-10-13-58)59-29-34-62(35-30-59)81-44-46-82(47-45-81)63-36-38-64(84-4)39-37-63/h7,9-10,12-13,18-43,48-51H,5-6,8,11,14-17,44-47H2,1-4H3,(H,80,83). The summed E-state index contributed by atoms with van der Waals surface area (Å²) in [5.74, 6) is 2.60. The van der Waals surface area contributed by atoms with Crippen LogP contribution in [0.2, 0.25) is 0 Å². The van der Waals surface area contributed by atoms with Crippen molar-refractivity contribution in [2.24, 2.45) is 5.92 Å². The molecule has 9 aromatic carbocycles. The molecule has 1 saturated carbocycles. The molecule has 1 unspecified atom stereocenters. The number of nitrogens with one attached hydrogen (secondary N) is 1. The molecule has 2 heterocycles. The van der Waals surface area contributed by atoms with Gasteiger partial charge in [0.2, 0.25) is 0 Å². The number of nitrogens with zero attached hydrogens (tertiary/aromatic N) is 2. The predicted octanol–water partition coefficient (Wildman–Crippen LogP) is 19.3. The molecule has 6 nitrogen and oxygen atoms in total. The molecule has 9 aromatic rings. The number of methoxy groups -OCH3 is 1. The van der Waals surface area contributed by atoms with Crippen molar-refractivity contribution in [3.63, 3.8) is 0 Å². The zero-order valence-electron chi connectivity index (χ0n) is 48.9. The Morgan fingerprint density at radius 1 is 0.647 bits per heavy atom. The van der Waals surface area contributed by atoms with Crippen molar-refractivity contribution in [2.45, 2.75) is 95.2 Å². The Morgan fingerprint density at radius 3 is 1.88 bits per heavy atom. The van der Waals surface area contributed by atoms with Gasteiger partial charge in [-0.3, -0.25) is 4.79 Å². The monoisotopic (exact) mass is 1130 g/mol. The minimum Gasteiger partial charge on any atom is -0.497 e. The summed E-state index contributed by atoms with van der Waals surface area (Å²) in [6.45, 7) is 10.1. The Kier molecular flexibility index (Phi) is 14.9. The summed E-state index contributed by atoms with van der Waals surface area (Å²) in [6.07, 6.45) is 10.2. The molecule has 0 radical (unpaired) electrons. The largest absolute Gasteiger partial charge is 0.497 e. The van der Waals surface area contributed by atoms with Gasteiger partial charge in [0.05, 0.1) is 12.7 Å². The third-order valence-corrected chi connectivity index (χ3v) is 18.9. The number of hydrogen-bond acceptors (Lipinski definition) is 5. The van der Waals surface area contributed by atoms with E-state index in [9.17, 15) is 18.0 Å². The van der Waals surface area contributed by atoms with Gasteiger partial charge in [-0.25, -0.2) is 0 Å². The average Bonchev–Trinajstić information content (AvgIpc) is 1.71. The van der Waals surface area contributed by atoms with Gasteiger partial charge in [-0.05, 0) is 178 Å². The third kappa shape index (κ3) is 10.7. The predicted molar refractivity (Wildman–Crippen MR) is 341 cm³/mol. The van der Waals surface area contributed by atoms with Gasteiger partial charge in [0.15, 0.2) is 5.60 Å². The summed E-state index contributed by atoms with van der Waals surface area (Å²) in [6, 6.07) is 61.8. The number of unbranched alkanes of at least 4 members (excludes halogenated alkanes) is 2. The molecule has 0 spiro atoms. The normalized spacial score (nSPS) is 18.8. The molecule has 1 saturated heterocycles. The first-order valence-corrected chi connectivity index (χ1v) is 30.4. The van der Waals surface area contributed by atoms with Crippen LogP contribution in [0.5, 0.6) is 11.5 Å². The van der Waals surface area contributed by atoms with Gasteiger partial charge in [-0.1, -0.05) is 162 Å². The van der Waals surface area contributed by atoms with Crippen LogP contribution in [-0.2, 0) is 17.2 Å². The second-order valence-electron chi connectivity index (χ2n) is 24.3. The fourth-order valence-corrected chi connectivity index (χ4v) is 14.1. The molecular formula is C76H72F3N3O3. The molecule has 9 heteroatoms. The number of rotatable bonds is 14. The number of benzene rings is 9.